The molecule has 3 nitrogen and oxygen atoms in total. The van der Waals surface area contributed by atoms with Gasteiger partial charge in [-0.15, -0.1) is 11.8 Å². The van der Waals surface area contributed by atoms with Gasteiger partial charge in [-0.2, -0.15) is 0 Å². The van der Waals surface area contributed by atoms with Gasteiger partial charge in [-0.25, -0.2) is 4.79 Å². The zero-order valence-electron chi connectivity index (χ0n) is 11.7. The van der Waals surface area contributed by atoms with Crippen LogP contribution in [0.1, 0.15) is 40.0 Å². The molecule has 1 fully saturated rings. The largest absolute Gasteiger partial charge is 0.444 e. The lowest BCUT2D eigenvalue weighted by Crippen LogP contribution is -2.27. The summed E-state index contributed by atoms with van der Waals surface area (Å²) in [7, 11) is 0. The molecule has 1 aromatic rings. The molecule has 104 valence electrons. The number of amides is 1. The van der Waals surface area contributed by atoms with E-state index in [0.29, 0.717) is 0 Å². The van der Waals surface area contributed by atoms with E-state index in [-0.39, 0.29) is 0 Å². The fourth-order valence-corrected chi connectivity index (χ4v) is 3.06. The number of anilines is 1. The average molecular weight is 279 g/mol. The van der Waals surface area contributed by atoms with Gasteiger partial charge in [0, 0.05) is 15.8 Å². The third-order valence-corrected chi connectivity index (χ3v) is 4.17. The third kappa shape index (κ3) is 4.78. The van der Waals surface area contributed by atoms with Crippen LogP contribution in [0.3, 0.4) is 0 Å². The van der Waals surface area contributed by atoms with Crippen molar-refractivity contribution in [3.63, 3.8) is 0 Å². The molecule has 0 spiro atoms. The molecule has 0 radical (unpaired) electrons. The Bertz CT molecular complexity index is 450. The second kappa shape index (κ2) is 5.87. The highest BCUT2D eigenvalue weighted by atomic mass is 32.2. The lowest BCUT2D eigenvalue weighted by molar-refractivity contribution is 0.0636. The van der Waals surface area contributed by atoms with Crippen LogP contribution in [-0.2, 0) is 4.74 Å². The minimum absolute atomic E-state index is 0.404. The van der Waals surface area contributed by atoms with Crippen molar-refractivity contribution in [1.29, 1.82) is 0 Å². The van der Waals surface area contributed by atoms with Crippen molar-refractivity contribution in [3.05, 3.63) is 24.3 Å². The van der Waals surface area contributed by atoms with Crippen LogP contribution in [0.2, 0.25) is 0 Å². The maximum Gasteiger partial charge on any atom is 0.412 e. The van der Waals surface area contributed by atoms with Gasteiger partial charge < -0.3 is 4.74 Å². The molecule has 0 unspecified atom stereocenters. The highest BCUT2D eigenvalue weighted by Gasteiger charge is 2.19. The molecule has 0 aromatic heterocycles. The molecule has 19 heavy (non-hydrogen) atoms. The van der Waals surface area contributed by atoms with Crippen LogP contribution in [0.25, 0.3) is 0 Å². The second-order valence-corrected chi connectivity index (χ2v) is 7.20. The van der Waals surface area contributed by atoms with Crippen molar-refractivity contribution in [2.75, 3.05) is 5.32 Å². The predicted octanol–water partition coefficient (Wildman–Crippen LogP) is 4.68. The Labute approximate surface area is 119 Å². The number of carbonyl (C=O) groups is 1. The Morgan fingerprint density at radius 2 is 2.11 bits per heavy atom. The molecular weight excluding hydrogens is 258 g/mol. The Morgan fingerprint density at radius 1 is 1.37 bits per heavy atom. The zero-order chi connectivity index (χ0) is 13.9. The smallest absolute Gasteiger partial charge is 0.412 e. The molecular formula is C15H21NO2S. The number of ether oxygens (including phenoxy) is 1. The Balaban J connectivity index is 1.92. The summed E-state index contributed by atoms with van der Waals surface area (Å²) >= 11 is 1.89. The highest BCUT2D eigenvalue weighted by molar-refractivity contribution is 8.00. The van der Waals surface area contributed by atoms with Crippen molar-refractivity contribution in [2.24, 2.45) is 0 Å². The minimum atomic E-state index is -0.470. The van der Waals surface area contributed by atoms with Gasteiger partial charge in [-0.1, -0.05) is 12.5 Å². The molecule has 1 N–H and O–H groups in total. The number of hydrogen-bond donors (Lipinski definition) is 1. The average Bonchev–Trinajstić information content (AvgIpc) is 2.21. The molecule has 0 aliphatic heterocycles. The molecule has 1 aliphatic rings. The first kappa shape index (κ1) is 14.3. The van der Waals surface area contributed by atoms with E-state index >= 15 is 0 Å². The van der Waals surface area contributed by atoms with Crippen LogP contribution >= 0.6 is 11.8 Å². The fraction of sp³-hybridized carbons (Fsp3) is 0.533. The van der Waals surface area contributed by atoms with Crippen molar-refractivity contribution >= 4 is 23.5 Å². The van der Waals surface area contributed by atoms with Crippen LogP contribution in [-0.4, -0.2) is 16.9 Å². The molecule has 1 amide bonds. The minimum Gasteiger partial charge on any atom is -0.444 e. The lowest BCUT2D eigenvalue weighted by atomic mass is 10.0. The van der Waals surface area contributed by atoms with Crippen molar-refractivity contribution in [2.45, 2.75) is 55.8 Å². The second-order valence-electron chi connectivity index (χ2n) is 5.83. The predicted molar refractivity (Wildman–Crippen MR) is 79.8 cm³/mol. The summed E-state index contributed by atoms with van der Waals surface area (Å²) in [6.45, 7) is 5.57. The van der Waals surface area contributed by atoms with Gasteiger partial charge in [0.1, 0.15) is 5.60 Å². The molecule has 2 rings (SSSR count). The molecule has 1 aliphatic carbocycles. The van der Waals surface area contributed by atoms with Gasteiger partial charge in [0.15, 0.2) is 0 Å². The highest BCUT2D eigenvalue weighted by Crippen LogP contribution is 2.37. The number of hydrogen-bond acceptors (Lipinski definition) is 3. The quantitative estimate of drug-likeness (QED) is 0.873. The maximum absolute atomic E-state index is 11.7. The number of carbonyl (C=O) groups excluding carboxylic acids is 1. The summed E-state index contributed by atoms with van der Waals surface area (Å²) < 4.78 is 5.24. The first-order valence-corrected chi connectivity index (χ1v) is 7.57. The van der Waals surface area contributed by atoms with Crippen LogP contribution in [0.4, 0.5) is 10.5 Å². The van der Waals surface area contributed by atoms with Crippen molar-refractivity contribution in [1.82, 2.24) is 0 Å². The van der Waals surface area contributed by atoms with Gasteiger partial charge in [0.2, 0.25) is 0 Å². The summed E-state index contributed by atoms with van der Waals surface area (Å²) in [5.41, 5.74) is 0.320. The van der Waals surface area contributed by atoms with Crippen LogP contribution < -0.4 is 5.32 Å². The zero-order valence-corrected chi connectivity index (χ0v) is 12.5. The summed E-state index contributed by atoms with van der Waals surface area (Å²) in [4.78, 5) is 12.9. The number of thioether (sulfide) groups is 1. The summed E-state index contributed by atoms with van der Waals surface area (Å²) in [5, 5.41) is 3.52. The fourth-order valence-electron chi connectivity index (χ4n) is 1.75. The molecule has 0 heterocycles. The third-order valence-electron chi connectivity index (χ3n) is 2.83. The molecule has 0 saturated heterocycles. The van der Waals surface area contributed by atoms with Crippen LogP contribution in [0.15, 0.2) is 29.2 Å². The van der Waals surface area contributed by atoms with E-state index in [4.69, 9.17) is 4.74 Å². The van der Waals surface area contributed by atoms with E-state index in [0.717, 1.165) is 10.9 Å². The number of rotatable bonds is 3. The molecule has 4 heteroatoms. The molecule has 0 bridgehead atoms. The number of benzene rings is 1. The maximum atomic E-state index is 11.7. The summed E-state index contributed by atoms with van der Waals surface area (Å²) in [6, 6.07) is 7.94. The Morgan fingerprint density at radius 3 is 2.68 bits per heavy atom. The SMILES string of the molecule is CC(C)(C)OC(=O)Nc1cccc(SC2CCC2)c1. The van der Waals surface area contributed by atoms with Crippen LogP contribution in [0.5, 0.6) is 0 Å². The van der Waals surface area contributed by atoms with Gasteiger partial charge in [-0.3, -0.25) is 5.32 Å². The van der Waals surface area contributed by atoms with Crippen molar-refractivity contribution < 1.29 is 9.53 Å². The molecule has 1 saturated carbocycles. The van der Waals surface area contributed by atoms with E-state index in [2.05, 4.69) is 11.4 Å². The van der Waals surface area contributed by atoms with Crippen LogP contribution in [0, 0.1) is 0 Å². The monoisotopic (exact) mass is 279 g/mol. The lowest BCUT2D eigenvalue weighted by Gasteiger charge is -2.24. The van der Waals surface area contributed by atoms with E-state index < -0.39 is 11.7 Å². The van der Waals surface area contributed by atoms with Gasteiger partial charge in [0.05, 0.1) is 0 Å². The van der Waals surface area contributed by atoms with E-state index in [9.17, 15) is 4.79 Å². The molecule has 0 atom stereocenters. The van der Waals surface area contributed by atoms with Gasteiger partial charge in [-0.05, 0) is 51.8 Å². The van der Waals surface area contributed by atoms with Gasteiger partial charge in [0.25, 0.3) is 0 Å². The van der Waals surface area contributed by atoms with Crippen molar-refractivity contribution in [3.8, 4) is 0 Å². The number of nitrogens with one attached hydrogen (secondary N) is 1. The Kier molecular flexibility index (Phi) is 4.40. The Hall–Kier alpha value is -1.16. The first-order chi connectivity index (χ1) is 8.92. The van der Waals surface area contributed by atoms with E-state index in [1.807, 2.05) is 50.7 Å². The molecule has 1 aromatic carbocycles. The normalized spacial score (nSPS) is 15.7. The topological polar surface area (TPSA) is 38.3 Å². The summed E-state index contributed by atoms with van der Waals surface area (Å²) in [5.74, 6) is 0. The first-order valence-electron chi connectivity index (χ1n) is 6.69. The van der Waals surface area contributed by atoms with Gasteiger partial charge >= 0.3 is 6.09 Å². The van der Waals surface area contributed by atoms with E-state index in [1.54, 1.807) is 0 Å². The summed E-state index contributed by atoms with van der Waals surface area (Å²) in [6.07, 6.45) is 3.54. The van der Waals surface area contributed by atoms with E-state index in [1.165, 1.54) is 24.2 Å². The standard InChI is InChI=1S/C15H21NO2S/c1-15(2,3)18-14(17)16-11-6-4-9-13(10-11)19-12-7-5-8-12/h4,6,9-10,12H,5,7-8H2,1-3H3,(H,16,17).